The van der Waals surface area contributed by atoms with E-state index in [9.17, 15) is 4.79 Å². The van der Waals surface area contributed by atoms with Crippen molar-refractivity contribution in [1.29, 1.82) is 0 Å². The molecule has 0 N–H and O–H groups in total. The second-order valence-corrected chi connectivity index (χ2v) is 5.15. The normalized spacial score (nSPS) is 20.9. The van der Waals surface area contributed by atoms with Crippen LogP contribution in [0.3, 0.4) is 0 Å². The summed E-state index contributed by atoms with van der Waals surface area (Å²) in [6.07, 6.45) is 1.57. The van der Waals surface area contributed by atoms with Crippen LogP contribution in [-0.2, 0) is 19.9 Å². The first-order valence-corrected chi connectivity index (χ1v) is 6.88. The third kappa shape index (κ3) is 2.04. The number of ether oxygens (including phenoxy) is 2. The molecule has 2 aromatic rings. The Balaban J connectivity index is 2.14. The van der Waals surface area contributed by atoms with Crippen molar-refractivity contribution >= 4 is 11.7 Å². The summed E-state index contributed by atoms with van der Waals surface area (Å²) in [7, 11) is 1.34. The average molecular weight is 296 g/mol. The van der Waals surface area contributed by atoms with Gasteiger partial charge in [0.1, 0.15) is 11.3 Å². The fourth-order valence-corrected chi connectivity index (χ4v) is 2.55. The van der Waals surface area contributed by atoms with E-state index in [0.29, 0.717) is 22.7 Å². The van der Waals surface area contributed by atoms with E-state index in [0.717, 1.165) is 5.56 Å². The first kappa shape index (κ1) is 14.2. The minimum absolute atomic E-state index is 0.340. The Morgan fingerprint density at radius 3 is 2.50 bits per heavy atom. The molecule has 0 aliphatic carbocycles. The molecule has 0 unspecified atom stereocenters. The van der Waals surface area contributed by atoms with Gasteiger partial charge in [-0.3, -0.25) is 0 Å². The van der Waals surface area contributed by atoms with E-state index in [1.165, 1.54) is 7.11 Å². The van der Waals surface area contributed by atoms with Gasteiger partial charge < -0.3 is 13.9 Å². The second-order valence-electron chi connectivity index (χ2n) is 5.15. The molecule has 0 saturated carbocycles. The summed E-state index contributed by atoms with van der Waals surface area (Å²) in [6.45, 7) is 5.87. The number of benzene rings is 1. The number of rotatable bonds is 3. The molecule has 112 valence electrons. The van der Waals surface area contributed by atoms with Crippen LogP contribution < -0.4 is 0 Å². The molecule has 0 spiro atoms. The summed E-state index contributed by atoms with van der Waals surface area (Å²) < 4.78 is 16.5. The molecule has 0 fully saturated rings. The summed E-state index contributed by atoms with van der Waals surface area (Å²) in [5.41, 5.74) is 0.721. The zero-order chi connectivity index (χ0) is 15.7. The van der Waals surface area contributed by atoms with Crippen LogP contribution in [0.4, 0.5) is 0 Å². The molecule has 0 radical (unpaired) electrons. The van der Waals surface area contributed by atoms with Crippen molar-refractivity contribution in [3.05, 3.63) is 77.8 Å². The third-order valence-corrected chi connectivity index (χ3v) is 3.83. The van der Waals surface area contributed by atoms with E-state index in [-0.39, 0.29) is 0 Å². The molecule has 1 aromatic carbocycles. The van der Waals surface area contributed by atoms with Crippen LogP contribution in [0.5, 0.6) is 0 Å². The molecule has 1 aromatic heterocycles. The van der Waals surface area contributed by atoms with Gasteiger partial charge in [0.25, 0.3) is 0 Å². The van der Waals surface area contributed by atoms with Gasteiger partial charge in [0.15, 0.2) is 11.4 Å². The number of hydrogen-bond acceptors (Lipinski definition) is 4. The summed E-state index contributed by atoms with van der Waals surface area (Å²) >= 11 is 0. The smallest absolute Gasteiger partial charge is 0.342 e. The third-order valence-electron chi connectivity index (χ3n) is 3.83. The van der Waals surface area contributed by atoms with Gasteiger partial charge in [-0.15, -0.1) is 0 Å². The monoisotopic (exact) mass is 296 g/mol. The van der Waals surface area contributed by atoms with Gasteiger partial charge in [-0.1, -0.05) is 36.9 Å². The van der Waals surface area contributed by atoms with Crippen molar-refractivity contribution < 1.29 is 18.7 Å². The Bertz CT molecular complexity index is 741. The molecular formula is C18H16O4. The van der Waals surface area contributed by atoms with Crippen molar-refractivity contribution in [1.82, 2.24) is 0 Å². The highest BCUT2D eigenvalue weighted by Crippen LogP contribution is 2.48. The molecule has 4 heteroatoms. The standard InChI is InChI=1S/C18H16O4/c1-12-15(17(19)20-3)16(13-8-5-4-6-9-13)22-18(12,2)14-10-7-11-21-14/h4-11H,1H2,2-3H3/t18-/m1/s1. The Morgan fingerprint density at radius 2 is 1.91 bits per heavy atom. The van der Waals surface area contributed by atoms with Gasteiger partial charge in [-0.2, -0.15) is 0 Å². The Kier molecular flexibility index (Phi) is 3.37. The van der Waals surface area contributed by atoms with Gasteiger partial charge in [-0.25, -0.2) is 4.79 Å². The zero-order valence-electron chi connectivity index (χ0n) is 12.5. The fourth-order valence-electron chi connectivity index (χ4n) is 2.55. The Morgan fingerprint density at radius 1 is 1.18 bits per heavy atom. The number of esters is 1. The van der Waals surface area contributed by atoms with Crippen LogP contribution in [0.15, 0.2) is 70.9 Å². The summed E-state index contributed by atoms with van der Waals surface area (Å²) in [5.74, 6) is 0.570. The molecule has 1 aliphatic rings. The van der Waals surface area contributed by atoms with Gasteiger partial charge in [-0.05, 0) is 19.1 Å². The molecule has 1 atom stereocenters. The molecule has 0 saturated heterocycles. The topological polar surface area (TPSA) is 48.7 Å². The van der Waals surface area contributed by atoms with Crippen LogP contribution in [0.25, 0.3) is 5.76 Å². The molecule has 1 aliphatic heterocycles. The number of carbonyl (C=O) groups excluding carboxylic acids is 1. The molecule has 0 bridgehead atoms. The van der Waals surface area contributed by atoms with E-state index >= 15 is 0 Å². The number of carbonyl (C=O) groups is 1. The van der Waals surface area contributed by atoms with Crippen molar-refractivity contribution in [2.24, 2.45) is 0 Å². The first-order valence-electron chi connectivity index (χ1n) is 6.88. The number of methoxy groups -OCH3 is 1. The van der Waals surface area contributed by atoms with E-state index in [2.05, 4.69) is 6.58 Å². The number of furan rings is 1. The lowest BCUT2D eigenvalue weighted by molar-refractivity contribution is -0.135. The highest BCUT2D eigenvalue weighted by Gasteiger charge is 2.47. The molecule has 4 nitrogen and oxygen atoms in total. The zero-order valence-corrected chi connectivity index (χ0v) is 12.5. The second kappa shape index (κ2) is 5.22. The van der Waals surface area contributed by atoms with Crippen molar-refractivity contribution in [2.75, 3.05) is 7.11 Å². The molecule has 3 rings (SSSR count). The lowest BCUT2D eigenvalue weighted by Gasteiger charge is -2.24. The van der Waals surface area contributed by atoms with Crippen LogP contribution in [-0.4, -0.2) is 13.1 Å². The van der Waals surface area contributed by atoms with E-state index in [1.807, 2.05) is 37.3 Å². The Hall–Kier alpha value is -2.75. The summed E-state index contributed by atoms with van der Waals surface area (Å²) in [6, 6.07) is 13.0. The highest BCUT2D eigenvalue weighted by atomic mass is 16.5. The first-order chi connectivity index (χ1) is 10.6. The van der Waals surface area contributed by atoms with Gasteiger partial charge in [0, 0.05) is 11.1 Å². The van der Waals surface area contributed by atoms with E-state index < -0.39 is 11.6 Å². The minimum atomic E-state index is -0.932. The van der Waals surface area contributed by atoms with Gasteiger partial charge in [0.05, 0.1) is 13.4 Å². The van der Waals surface area contributed by atoms with Crippen LogP contribution in [0.2, 0.25) is 0 Å². The SMILES string of the molecule is C=C1C(C(=O)OC)=C(c2ccccc2)O[C@@]1(C)c1ccco1. The van der Waals surface area contributed by atoms with Crippen LogP contribution in [0, 0.1) is 0 Å². The largest absolute Gasteiger partial charge is 0.473 e. The molecule has 2 heterocycles. The Labute approximate surface area is 128 Å². The quantitative estimate of drug-likeness (QED) is 0.811. The maximum atomic E-state index is 12.2. The fraction of sp³-hybridized carbons (Fsp3) is 0.167. The predicted octanol–water partition coefficient (Wildman–Crippen LogP) is 3.67. The van der Waals surface area contributed by atoms with Crippen molar-refractivity contribution in [2.45, 2.75) is 12.5 Å². The number of hydrogen-bond donors (Lipinski definition) is 0. The van der Waals surface area contributed by atoms with E-state index in [4.69, 9.17) is 13.9 Å². The lowest BCUT2D eigenvalue weighted by atomic mass is 9.90. The highest BCUT2D eigenvalue weighted by molar-refractivity contribution is 6.02. The van der Waals surface area contributed by atoms with Gasteiger partial charge >= 0.3 is 5.97 Å². The maximum Gasteiger partial charge on any atom is 0.342 e. The van der Waals surface area contributed by atoms with Crippen LogP contribution in [0.1, 0.15) is 18.2 Å². The summed E-state index contributed by atoms with van der Waals surface area (Å²) in [4.78, 5) is 12.2. The van der Waals surface area contributed by atoms with Gasteiger partial charge in [0.2, 0.25) is 0 Å². The predicted molar refractivity (Wildman–Crippen MR) is 81.7 cm³/mol. The minimum Gasteiger partial charge on any atom is -0.473 e. The molecule has 0 amide bonds. The van der Waals surface area contributed by atoms with Crippen molar-refractivity contribution in [3.63, 3.8) is 0 Å². The van der Waals surface area contributed by atoms with E-state index in [1.54, 1.807) is 18.4 Å². The lowest BCUT2D eigenvalue weighted by Crippen LogP contribution is -2.23. The molecule has 22 heavy (non-hydrogen) atoms. The average Bonchev–Trinajstić information content (AvgIpc) is 3.16. The summed E-state index contributed by atoms with van der Waals surface area (Å²) in [5, 5.41) is 0. The van der Waals surface area contributed by atoms with Crippen LogP contribution >= 0.6 is 0 Å². The maximum absolute atomic E-state index is 12.2. The van der Waals surface area contributed by atoms with Crippen molar-refractivity contribution in [3.8, 4) is 0 Å². The molecular weight excluding hydrogens is 280 g/mol.